The van der Waals surface area contributed by atoms with Crippen molar-refractivity contribution in [1.29, 1.82) is 0 Å². The molecule has 0 aliphatic rings. The summed E-state index contributed by atoms with van der Waals surface area (Å²) in [6.07, 6.45) is 1.37. The topological polar surface area (TPSA) is 102 Å². The number of carboxylic acid groups (broad SMARTS) is 1. The van der Waals surface area contributed by atoms with E-state index < -0.39 is 25.2 Å². The standard InChI is InChI=1S/C11H9NO6/c13-7-12-8-1-3-9(4-2-8)18-11(16)6-17-5-10(14)15/h1-4H,5-6H2,(H,14,15). The Balaban J connectivity index is 2.44. The van der Waals surface area contributed by atoms with Crippen molar-refractivity contribution in [2.24, 2.45) is 4.99 Å². The van der Waals surface area contributed by atoms with Crippen molar-refractivity contribution < 1.29 is 29.0 Å². The Hall–Kier alpha value is -2.50. The lowest BCUT2D eigenvalue weighted by Crippen LogP contribution is -2.18. The third-order valence-corrected chi connectivity index (χ3v) is 1.69. The molecular formula is C11H9NO6. The SMILES string of the molecule is O=C=Nc1ccc(OC(=O)COCC(=O)O)cc1. The van der Waals surface area contributed by atoms with Gasteiger partial charge in [0.2, 0.25) is 6.08 Å². The van der Waals surface area contributed by atoms with E-state index in [-0.39, 0.29) is 5.75 Å². The molecule has 0 heterocycles. The first-order chi connectivity index (χ1) is 8.61. The van der Waals surface area contributed by atoms with Crippen LogP contribution in [0.4, 0.5) is 5.69 Å². The summed E-state index contributed by atoms with van der Waals surface area (Å²) < 4.78 is 9.38. The summed E-state index contributed by atoms with van der Waals surface area (Å²) in [6, 6.07) is 5.80. The number of benzene rings is 1. The zero-order valence-corrected chi connectivity index (χ0v) is 9.16. The van der Waals surface area contributed by atoms with Crippen LogP contribution in [0, 0.1) is 0 Å². The number of isocyanates is 1. The van der Waals surface area contributed by atoms with Crippen LogP contribution in [0.2, 0.25) is 0 Å². The summed E-state index contributed by atoms with van der Waals surface area (Å²) >= 11 is 0. The van der Waals surface area contributed by atoms with Crippen LogP contribution in [-0.2, 0) is 19.1 Å². The molecule has 7 heteroatoms. The normalized spacial score (nSPS) is 9.33. The van der Waals surface area contributed by atoms with Gasteiger partial charge in [0.1, 0.15) is 19.0 Å². The van der Waals surface area contributed by atoms with Crippen molar-refractivity contribution in [2.45, 2.75) is 0 Å². The van der Waals surface area contributed by atoms with Crippen molar-refractivity contribution in [3.05, 3.63) is 24.3 Å². The Morgan fingerprint density at radius 1 is 1.22 bits per heavy atom. The highest BCUT2D eigenvalue weighted by molar-refractivity contribution is 5.74. The fraction of sp³-hybridized carbons (Fsp3) is 0.182. The van der Waals surface area contributed by atoms with E-state index in [1.54, 1.807) is 0 Å². The van der Waals surface area contributed by atoms with Crippen molar-refractivity contribution in [3.8, 4) is 5.75 Å². The summed E-state index contributed by atoms with van der Waals surface area (Å²) in [5.74, 6) is -1.65. The summed E-state index contributed by atoms with van der Waals surface area (Å²) in [5, 5.41) is 8.28. The van der Waals surface area contributed by atoms with E-state index in [4.69, 9.17) is 9.84 Å². The summed E-state index contributed by atoms with van der Waals surface area (Å²) in [6.45, 7) is -1.03. The third-order valence-electron chi connectivity index (χ3n) is 1.69. The van der Waals surface area contributed by atoms with E-state index in [9.17, 15) is 14.4 Å². The van der Waals surface area contributed by atoms with Gasteiger partial charge in [-0.25, -0.2) is 14.4 Å². The first-order valence-electron chi connectivity index (χ1n) is 4.80. The molecule has 0 bridgehead atoms. The van der Waals surface area contributed by atoms with Crippen LogP contribution < -0.4 is 4.74 Å². The molecule has 1 aromatic rings. The second-order valence-corrected chi connectivity index (χ2v) is 3.06. The second kappa shape index (κ2) is 6.95. The zero-order valence-electron chi connectivity index (χ0n) is 9.16. The van der Waals surface area contributed by atoms with Crippen LogP contribution in [-0.4, -0.2) is 36.3 Å². The van der Waals surface area contributed by atoms with Gasteiger partial charge in [-0.2, -0.15) is 4.99 Å². The van der Waals surface area contributed by atoms with Gasteiger partial charge >= 0.3 is 11.9 Å². The summed E-state index contributed by atoms with van der Waals surface area (Å²) in [4.78, 5) is 34.6. The molecule has 1 rings (SSSR count). The molecule has 0 atom stereocenters. The second-order valence-electron chi connectivity index (χ2n) is 3.06. The largest absolute Gasteiger partial charge is 0.480 e. The quantitative estimate of drug-likeness (QED) is 0.345. The van der Waals surface area contributed by atoms with Gasteiger partial charge in [0.25, 0.3) is 0 Å². The van der Waals surface area contributed by atoms with Crippen LogP contribution in [0.5, 0.6) is 5.75 Å². The van der Waals surface area contributed by atoms with E-state index >= 15 is 0 Å². The molecule has 1 N–H and O–H groups in total. The molecule has 0 unspecified atom stereocenters. The van der Waals surface area contributed by atoms with Crippen molar-refractivity contribution >= 4 is 23.7 Å². The number of carbonyl (C=O) groups excluding carboxylic acids is 2. The van der Waals surface area contributed by atoms with E-state index in [0.29, 0.717) is 5.69 Å². The highest BCUT2D eigenvalue weighted by Crippen LogP contribution is 2.17. The highest BCUT2D eigenvalue weighted by atomic mass is 16.6. The number of hydrogen-bond donors (Lipinski definition) is 1. The maximum absolute atomic E-state index is 11.2. The van der Waals surface area contributed by atoms with Crippen molar-refractivity contribution in [2.75, 3.05) is 13.2 Å². The molecule has 0 radical (unpaired) electrons. The average molecular weight is 251 g/mol. The molecular weight excluding hydrogens is 242 g/mol. The lowest BCUT2D eigenvalue weighted by Gasteiger charge is -2.04. The minimum absolute atomic E-state index is 0.240. The van der Waals surface area contributed by atoms with E-state index in [1.807, 2.05) is 0 Å². The van der Waals surface area contributed by atoms with Crippen LogP contribution in [0.3, 0.4) is 0 Å². The Labute approximate surface area is 102 Å². The van der Waals surface area contributed by atoms with Crippen molar-refractivity contribution in [3.63, 3.8) is 0 Å². The van der Waals surface area contributed by atoms with Crippen molar-refractivity contribution in [1.82, 2.24) is 0 Å². The van der Waals surface area contributed by atoms with E-state index in [0.717, 1.165) is 0 Å². The Morgan fingerprint density at radius 2 is 1.89 bits per heavy atom. The van der Waals surface area contributed by atoms with Gasteiger partial charge in [0, 0.05) is 0 Å². The molecule has 0 saturated heterocycles. The highest BCUT2D eigenvalue weighted by Gasteiger charge is 2.06. The maximum Gasteiger partial charge on any atom is 0.337 e. The molecule has 18 heavy (non-hydrogen) atoms. The monoisotopic (exact) mass is 251 g/mol. The number of ether oxygens (including phenoxy) is 2. The molecule has 0 aliphatic carbocycles. The molecule has 0 fully saturated rings. The molecule has 0 spiro atoms. The molecule has 0 aliphatic heterocycles. The predicted molar refractivity (Wildman–Crippen MR) is 58.3 cm³/mol. The van der Waals surface area contributed by atoms with E-state index in [1.165, 1.54) is 30.3 Å². The van der Waals surface area contributed by atoms with Gasteiger partial charge < -0.3 is 14.6 Å². The molecule has 94 valence electrons. The number of aliphatic imine (C=N–C) groups is 1. The van der Waals surface area contributed by atoms with Gasteiger partial charge in [-0.15, -0.1) is 0 Å². The maximum atomic E-state index is 11.2. The number of carbonyl (C=O) groups is 2. The Bertz CT molecular complexity index is 475. The van der Waals surface area contributed by atoms with Gasteiger partial charge in [-0.05, 0) is 24.3 Å². The number of nitrogens with zero attached hydrogens (tertiary/aromatic N) is 1. The number of aliphatic carboxylic acids is 1. The minimum Gasteiger partial charge on any atom is -0.480 e. The molecule has 0 saturated carbocycles. The first-order valence-corrected chi connectivity index (χ1v) is 4.80. The third kappa shape index (κ3) is 5.02. The smallest absolute Gasteiger partial charge is 0.337 e. The fourth-order valence-electron chi connectivity index (χ4n) is 1.02. The number of hydrogen-bond acceptors (Lipinski definition) is 6. The minimum atomic E-state index is -1.17. The van der Waals surface area contributed by atoms with Crippen LogP contribution >= 0.6 is 0 Å². The summed E-state index contributed by atoms with van der Waals surface area (Å²) in [5.41, 5.74) is 0.381. The van der Waals surface area contributed by atoms with Gasteiger partial charge in [-0.1, -0.05) is 0 Å². The molecule has 0 aromatic heterocycles. The molecule has 0 amide bonds. The molecule has 1 aromatic carbocycles. The number of esters is 1. The van der Waals surface area contributed by atoms with E-state index in [2.05, 4.69) is 9.73 Å². The van der Waals surface area contributed by atoms with Gasteiger partial charge in [0.15, 0.2) is 0 Å². The Morgan fingerprint density at radius 3 is 2.44 bits per heavy atom. The Kier molecular flexibility index (Phi) is 5.24. The fourth-order valence-corrected chi connectivity index (χ4v) is 1.02. The predicted octanol–water partition coefficient (Wildman–Crippen LogP) is 0.660. The van der Waals surface area contributed by atoms with Crippen LogP contribution in [0.15, 0.2) is 29.3 Å². The van der Waals surface area contributed by atoms with Crippen LogP contribution in [0.25, 0.3) is 0 Å². The molecule has 7 nitrogen and oxygen atoms in total. The summed E-state index contributed by atoms with van der Waals surface area (Å²) in [7, 11) is 0. The first kappa shape index (κ1) is 13.6. The van der Waals surface area contributed by atoms with Crippen LogP contribution in [0.1, 0.15) is 0 Å². The number of rotatable bonds is 6. The van der Waals surface area contributed by atoms with Gasteiger partial charge in [-0.3, -0.25) is 0 Å². The number of carboxylic acids is 1. The van der Waals surface area contributed by atoms with Gasteiger partial charge in [0.05, 0.1) is 5.69 Å². The average Bonchev–Trinajstić information content (AvgIpc) is 2.31. The lowest BCUT2D eigenvalue weighted by molar-refractivity contribution is -0.147. The zero-order chi connectivity index (χ0) is 13.4. The lowest BCUT2D eigenvalue weighted by atomic mass is 10.3.